The van der Waals surface area contributed by atoms with Gasteiger partial charge in [-0.05, 0) is 42.5 Å². The monoisotopic (exact) mass is 532 g/mol. The minimum atomic E-state index is -0.505. The zero-order valence-electron chi connectivity index (χ0n) is 19.7. The molecule has 0 radical (unpaired) electrons. The number of para-hydroxylation sites is 1. The molecule has 0 aliphatic carbocycles. The standard InChI is InChI=1S/C30H17ClN4O2S/c31-23-11-12-27-20(14-23)15-25(30(36)37-27)26-18-38-29(33-26)21(16-32)13-22-17-35(24-9-5-2-6-10-24)34-28(22)19-7-3-1-4-8-19/h1-15,17-18H/b21-13+. The minimum Gasteiger partial charge on any atom is -0.422 e. The van der Waals surface area contributed by atoms with Gasteiger partial charge < -0.3 is 4.42 Å². The van der Waals surface area contributed by atoms with Gasteiger partial charge in [0.15, 0.2) is 0 Å². The molecule has 0 N–H and O–H groups in total. The van der Waals surface area contributed by atoms with E-state index < -0.39 is 5.63 Å². The number of benzene rings is 3. The van der Waals surface area contributed by atoms with Crippen molar-refractivity contribution in [1.29, 1.82) is 5.26 Å². The third kappa shape index (κ3) is 4.55. The van der Waals surface area contributed by atoms with Gasteiger partial charge >= 0.3 is 5.63 Å². The highest BCUT2D eigenvalue weighted by Crippen LogP contribution is 2.31. The molecule has 0 aliphatic rings. The highest BCUT2D eigenvalue weighted by molar-refractivity contribution is 7.11. The zero-order chi connectivity index (χ0) is 26.1. The molecule has 6 aromatic rings. The molecule has 3 heterocycles. The Hall–Kier alpha value is -4.77. The minimum absolute atomic E-state index is 0.307. The smallest absolute Gasteiger partial charge is 0.345 e. The van der Waals surface area contributed by atoms with Crippen molar-refractivity contribution in [1.82, 2.24) is 14.8 Å². The molecule has 3 aromatic carbocycles. The van der Waals surface area contributed by atoms with Crippen molar-refractivity contribution in [3.63, 3.8) is 0 Å². The van der Waals surface area contributed by atoms with Crippen molar-refractivity contribution < 1.29 is 4.42 Å². The Balaban J connectivity index is 1.43. The average Bonchev–Trinajstić information content (AvgIpc) is 3.60. The SMILES string of the molecule is N#C/C(=C\c1cn(-c2ccccc2)nc1-c1ccccc1)c1nc(-c2cc3cc(Cl)ccc3oc2=O)cs1. The highest BCUT2D eigenvalue weighted by Gasteiger charge is 2.16. The topological polar surface area (TPSA) is 84.7 Å². The first kappa shape index (κ1) is 23.6. The second-order valence-corrected chi connectivity index (χ2v) is 9.71. The van der Waals surface area contributed by atoms with E-state index in [1.54, 1.807) is 40.4 Å². The van der Waals surface area contributed by atoms with Crippen molar-refractivity contribution in [3.8, 4) is 34.3 Å². The first-order valence-corrected chi connectivity index (χ1v) is 12.9. The van der Waals surface area contributed by atoms with Gasteiger partial charge in [0, 0.05) is 33.1 Å². The molecule has 0 spiro atoms. The Morgan fingerprint density at radius 2 is 1.79 bits per heavy atom. The van der Waals surface area contributed by atoms with Crippen LogP contribution in [-0.4, -0.2) is 14.8 Å². The van der Waals surface area contributed by atoms with E-state index in [1.807, 2.05) is 66.9 Å². The molecule has 3 aromatic heterocycles. The van der Waals surface area contributed by atoms with Crippen molar-refractivity contribution in [2.75, 3.05) is 0 Å². The highest BCUT2D eigenvalue weighted by atomic mass is 35.5. The molecule has 0 unspecified atom stereocenters. The summed E-state index contributed by atoms with van der Waals surface area (Å²) in [5.74, 6) is 0. The van der Waals surface area contributed by atoms with Crippen LogP contribution in [0.4, 0.5) is 0 Å². The summed E-state index contributed by atoms with van der Waals surface area (Å²) < 4.78 is 7.26. The van der Waals surface area contributed by atoms with Crippen LogP contribution in [0.2, 0.25) is 5.02 Å². The third-order valence-corrected chi connectivity index (χ3v) is 7.05. The number of thiazole rings is 1. The summed E-state index contributed by atoms with van der Waals surface area (Å²) >= 11 is 7.40. The lowest BCUT2D eigenvalue weighted by Gasteiger charge is -2.01. The number of halogens is 1. The second kappa shape index (κ2) is 9.94. The van der Waals surface area contributed by atoms with E-state index in [4.69, 9.17) is 21.1 Å². The van der Waals surface area contributed by atoms with Crippen molar-refractivity contribution >= 4 is 45.6 Å². The van der Waals surface area contributed by atoms with Gasteiger partial charge in [0.25, 0.3) is 0 Å². The van der Waals surface area contributed by atoms with Gasteiger partial charge in [0.1, 0.15) is 16.7 Å². The summed E-state index contributed by atoms with van der Waals surface area (Å²) in [6.07, 6.45) is 3.67. The van der Waals surface area contributed by atoms with Crippen LogP contribution in [0.25, 0.3) is 50.8 Å². The number of fused-ring (bicyclic) bond motifs is 1. The fourth-order valence-corrected chi connectivity index (χ4v) is 5.08. The molecule has 6 rings (SSSR count). The van der Waals surface area contributed by atoms with Crippen LogP contribution >= 0.6 is 22.9 Å². The first-order valence-electron chi connectivity index (χ1n) is 11.6. The van der Waals surface area contributed by atoms with Crippen LogP contribution in [0.1, 0.15) is 10.6 Å². The fraction of sp³-hybridized carbons (Fsp3) is 0. The van der Waals surface area contributed by atoms with E-state index in [1.165, 1.54) is 11.3 Å². The average molecular weight is 533 g/mol. The molecular weight excluding hydrogens is 516 g/mol. The van der Waals surface area contributed by atoms with Gasteiger partial charge in [-0.3, -0.25) is 0 Å². The van der Waals surface area contributed by atoms with Gasteiger partial charge in [-0.25, -0.2) is 14.5 Å². The van der Waals surface area contributed by atoms with Crippen LogP contribution in [-0.2, 0) is 0 Å². The molecule has 0 saturated heterocycles. The number of nitriles is 1. The Morgan fingerprint density at radius 1 is 1.03 bits per heavy atom. The number of nitrogens with zero attached hydrogens (tertiary/aromatic N) is 4. The number of aromatic nitrogens is 3. The molecule has 0 saturated carbocycles. The fourth-order valence-electron chi connectivity index (χ4n) is 4.12. The van der Waals surface area contributed by atoms with Crippen LogP contribution in [0.5, 0.6) is 0 Å². The van der Waals surface area contributed by atoms with Crippen molar-refractivity contribution in [3.05, 3.63) is 123 Å². The molecule has 0 fully saturated rings. The van der Waals surface area contributed by atoms with Gasteiger partial charge in [-0.1, -0.05) is 60.1 Å². The predicted octanol–water partition coefficient (Wildman–Crippen LogP) is 7.49. The van der Waals surface area contributed by atoms with Gasteiger partial charge in [-0.2, -0.15) is 10.4 Å². The summed E-state index contributed by atoms with van der Waals surface area (Å²) in [6, 6.07) is 28.6. The molecule has 182 valence electrons. The molecule has 38 heavy (non-hydrogen) atoms. The summed E-state index contributed by atoms with van der Waals surface area (Å²) in [6.45, 7) is 0. The normalized spacial score (nSPS) is 11.5. The van der Waals surface area contributed by atoms with E-state index in [0.29, 0.717) is 37.8 Å². The maximum absolute atomic E-state index is 12.7. The zero-order valence-corrected chi connectivity index (χ0v) is 21.3. The lowest BCUT2D eigenvalue weighted by atomic mass is 10.1. The number of rotatable bonds is 5. The number of hydrogen-bond donors (Lipinski definition) is 0. The van der Waals surface area contributed by atoms with Crippen LogP contribution < -0.4 is 5.63 Å². The molecular formula is C30H17ClN4O2S. The molecule has 0 atom stereocenters. The van der Waals surface area contributed by atoms with Crippen LogP contribution in [0, 0.1) is 11.3 Å². The molecule has 8 heteroatoms. The predicted molar refractivity (Wildman–Crippen MR) is 151 cm³/mol. The van der Waals surface area contributed by atoms with E-state index in [0.717, 1.165) is 22.5 Å². The summed E-state index contributed by atoms with van der Waals surface area (Å²) in [7, 11) is 0. The lowest BCUT2D eigenvalue weighted by molar-refractivity contribution is 0.563. The molecule has 6 nitrogen and oxygen atoms in total. The molecule has 0 amide bonds. The maximum atomic E-state index is 12.7. The summed E-state index contributed by atoms with van der Waals surface area (Å²) in [5, 5.41) is 18.3. The Morgan fingerprint density at radius 3 is 2.55 bits per heavy atom. The summed E-state index contributed by atoms with van der Waals surface area (Å²) in [4.78, 5) is 17.3. The van der Waals surface area contributed by atoms with E-state index in [-0.39, 0.29) is 0 Å². The summed E-state index contributed by atoms with van der Waals surface area (Å²) in [5.41, 5.74) is 4.39. The Labute approximate surface area is 226 Å². The van der Waals surface area contributed by atoms with Gasteiger partial charge in [-0.15, -0.1) is 11.3 Å². The van der Waals surface area contributed by atoms with E-state index in [9.17, 15) is 10.1 Å². The first-order chi connectivity index (χ1) is 18.6. The molecule has 0 aliphatic heterocycles. The third-order valence-electron chi connectivity index (χ3n) is 5.94. The van der Waals surface area contributed by atoms with E-state index >= 15 is 0 Å². The maximum Gasteiger partial charge on any atom is 0.345 e. The van der Waals surface area contributed by atoms with Gasteiger partial charge in [0.05, 0.1) is 28.2 Å². The van der Waals surface area contributed by atoms with Crippen LogP contribution in [0.3, 0.4) is 0 Å². The lowest BCUT2D eigenvalue weighted by Crippen LogP contribution is -2.02. The molecule has 0 bridgehead atoms. The van der Waals surface area contributed by atoms with E-state index in [2.05, 4.69) is 11.1 Å². The van der Waals surface area contributed by atoms with Crippen molar-refractivity contribution in [2.45, 2.75) is 0 Å². The second-order valence-electron chi connectivity index (χ2n) is 8.42. The Kier molecular flexibility index (Phi) is 6.18. The number of hydrogen-bond acceptors (Lipinski definition) is 6. The largest absolute Gasteiger partial charge is 0.422 e. The number of allylic oxidation sites excluding steroid dienone is 1. The van der Waals surface area contributed by atoms with Crippen LogP contribution in [0.15, 0.2) is 106 Å². The van der Waals surface area contributed by atoms with Crippen molar-refractivity contribution in [2.24, 2.45) is 0 Å². The quantitative estimate of drug-likeness (QED) is 0.170. The van der Waals surface area contributed by atoms with Gasteiger partial charge in [0.2, 0.25) is 0 Å². The Bertz CT molecular complexity index is 1920.